The van der Waals surface area contributed by atoms with Gasteiger partial charge in [-0.25, -0.2) is 4.68 Å². The fourth-order valence-electron chi connectivity index (χ4n) is 4.32. The summed E-state index contributed by atoms with van der Waals surface area (Å²) in [5.41, 5.74) is 2.93. The monoisotopic (exact) mass is 482 g/mol. The Hall–Kier alpha value is -2.63. The first-order chi connectivity index (χ1) is 16.0. The van der Waals surface area contributed by atoms with Crippen molar-refractivity contribution in [3.05, 3.63) is 41.6 Å². The fraction of sp³-hybridized carbons (Fsp3) is 0.621. The number of carbonyl (C=O) groups excluding carboxylic acids is 2. The van der Waals surface area contributed by atoms with Crippen molar-refractivity contribution >= 4 is 17.6 Å². The summed E-state index contributed by atoms with van der Waals surface area (Å²) < 4.78 is 1.78. The Kier molecular flexibility index (Phi) is 9.32. The highest BCUT2D eigenvalue weighted by atomic mass is 16.2. The van der Waals surface area contributed by atoms with Gasteiger partial charge in [0.15, 0.2) is 0 Å². The molecule has 35 heavy (non-hydrogen) atoms. The molecule has 2 amide bonds. The molecule has 0 aliphatic rings. The Morgan fingerprint density at radius 3 is 2.14 bits per heavy atom. The molecule has 0 fully saturated rings. The van der Waals surface area contributed by atoms with E-state index < -0.39 is 0 Å². The summed E-state index contributed by atoms with van der Waals surface area (Å²) in [6.45, 7) is 21.7. The molecule has 0 saturated heterocycles. The third-order valence-corrected chi connectivity index (χ3v) is 5.78. The predicted molar refractivity (Wildman–Crippen MR) is 145 cm³/mol. The van der Waals surface area contributed by atoms with Crippen molar-refractivity contribution in [2.45, 2.75) is 87.5 Å². The van der Waals surface area contributed by atoms with Crippen molar-refractivity contribution in [1.29, 1.82) is 0 Å². The van der Waals surface area contributed by atoms with Gasteiger partial charge in [0.25, 0.3) is 0 Å². The number of anilines is 1. The van der Waals surface area contributed by atoms with E-state index in [1.165, 1.54) is 0 Å². The molecular weight excluding hydrogens is 436 g/mol. The molecule has 0 bridgehead atoms. The first kappa shape index (κ1) is 28.6. The average molecular weight is 483 g/mol. The van der Waals surface area contributed by atoms with E-state index in [1.807, 2.05) is 37.3 Å². The molecule has 1 heterocycles. The molecule has 1 atom stereocenters. The van der Waals surface area contributed by atoms with Crippen LogP contribution in [-0.4, -0.2) is 39.6 Å². The maximum atomic E-state index is 13.2. The van der Waals surface area contributed by atoms with E-state index in [0.717, 1.165) is 23.4 Å². The lowest BCUT2D eigenvalue weighted by Gasteiger charge is -2.28. The molecule has 194 valence electrons. The van der Waals surface area contributed by atoms with Crippen molar-refractivity contribution in [3.63, 3.8) is 0 Å². The second-order valence-electron chi connectivity index (χ2n) is 12.7. The van der Waals surface area contributed by atoms with Gasteiger partial charge in [-0.3, -0.25) is 9.59 Å². The van der Waals surface area contributed by atoms with Crippen LogP contribution in [0, 0.1) is 24.2 Å². The molecule has 1 N–H and O–H groups in total. The maximum Gasteiger partial charge on any atom is 0.245 e. The molecular formula is C29H46N4O2. The molecule has 2 aromatic rings. The molecule has 6 nitrogen and oxygen atoms in total. The zero-order chi connectivity index (χ0) is 26.6. The highest BCUT2D eigenvalue weighted by Gasteiger charge is 2.25. The third-order valence-electron chi connectivity index (χ3n) is 5.78. The van der Waals surface area contributed by atoms with Gasteiger partial charge in [-0.1, -0.05) is 80.0 Å². The van der Waals surface area contributed by atoms with E-state index in [9.17, 15) is 9.59 Å². The summed E-state index contributed by atoms with van der Waals surface area (Å²) in [7, 11) is 0. The molecule has 6 heteroatoms. The fourth-order valence-corrected chi connectivity index (χ4v) is 4.32. The van der Waals surface area contributed by atoms with Crippen LogP contribution in [0.15, 0.2) is 30.3 Å². The third kappa shape index (κ3) is 9.15. The van der Waals surface area contributed by atoms with Crippen LogP contribution in [0.25, 0.3) is 5.69 Å². The smallest absolute Gasteiger partial charge is 0.245 e. The van der Waals surface area contributed by atoms with Crippen LogP contribution in [0.5, 0.6) is 0 Å². The van der Waals surface area contributed by atoms with Crippen LogP contribution >= 0.6 is 0 Å². The maximum absolute atomic E-state index is 13.2. The van der Waals surface area contributed by atoms with E-state index in [0.29, 0.717) is 18.8 Å². The van der Waals surface area contributed by atoms with Gasteiger partial charge in [-0.05, 0) is 42.7 Å². The highest BCUT2D eigenvalue weighted by Crippen LogP contribution is 2.28. The lowest BCUT2D eigenvalue weighted by atomic mass is 9.84. The quantitative estimate of drug-likeness (QED) is 0.452. The summed E-state index contributed by atoms with van der Waals surface area (Å²) in [4.78, 5) is 28.0. The Bertz CT molecular complexity index is 991. The van der Waals surface area contributed by atoms with E-state index in [4.69, 9.17) is 5.10 Å². The van der Waals surface area contributed by atoms with Gasteiger partial charge < -0.3 is 10.2 Å². The average Bonchev–Trinajstić information content (AvgIpc) is 3.10. The highest BCUT2D eigenvalue weighted by molar-refractivity contribution is 5.94. The molecule has 0 saturated carbocycles. The number of aryl methyl sites for hydroxylation is 1. The first-order valence-electron chi connectivity index (χ1n) is 12.8. The predicted octanol–water partition coefficient (Wildman–Crippen LogP) is 6.36. The Morgan fingerprint density at radius 2 is 1.63 bits per heavy atom. The summed E-state index contributed by atoms with van der Waals surface area (Å²) >= 11 is 0. The van der Waals surface area contributed by atoms with Crippen molar-refractivity contribution in [1.82, 2.24) is 14.7 Å². The zero-order valence-corrected chi connectivity index (χ0v) is 23.5. The molecule has 0 radical (unpaired) electrons. The molecule has 1 unspecified atom stereocenters. The second kappa shape index (κ2) is 11.4. The standard InChI is InChI=1S/C29H46N4O2/c1-20(2)18-32(27(35)15-22(4)17-28(5,6)7)19-26(34)30-25-16-24(29(8,9)10)31-33(25)23-13-11-21(3)12-14-23/h11-14,16,20,22H,15,17-19H2,1-10H3,(H,30,34). The largest absolute Gasteiger partial charge is 0.333 e. The second-order valence-corrected chi connectivity index (χ2v) is 12.7. The van der Waals surface area contributed by atoms with Gasteiger partial charge >= 0.3 is 0 Å². The number of nitrogens with one attached hydrogen (secondary N) is 1. The van der Waals surface area contributed by atoms with Gasteiger partial charge in [0, 0.05) is 24.4 Å². The number of nitrogens with zero attached hydrogens (tertiary/aromatic N) is 3. The van der Waals surface area contributed by atoms with E-state index >= 15 is 0 Å². The van der Waals surface area contributed by atoms with Gasteiger partial charge in [0.1, 0.15) is 5.82 Å². The minimum Gasteiger partial charge on any atom is -0.333 e. The van der Waals surface area contributed by atoms with E-state index in [-0.39, 0.29) is 41.0 Å². The van der Waals surface area contributed by atoms with Crippen molar-refractivity contribution in [2.24, 2.45) is 17.3 Å². The van der Waals surface area contributed by atoms with E-state index in [2.05, 4.69) is 67.6 Å². The topological polar surface area (TPSA) is 67.2 Å². The number of hydrogen-bond donors (Lipinski definition) is 1. The Balaban J connectivity index is 2.23. The van der Waals surface area contributed by atoms with Crippen molar-refractivity contribution in [2.75, 3.05) is 18.4 Å². The summed E-state index contributed by atoms with van der Waals surface area (Å²) in [6, 6.07) is 9.98. The summed E-state index contributed by atoms with van der Waals surface area (Å²) in [6.07, 6.45) is 1.42. The zero-order valence-electron chi connectivity index (χ0n) is 23.5. The minimum atomic E-state index is -0.212. The van der Waals surface area contributed by atoms with Gasteiger partial charge in [0.05, 0.1) is 17.9 Å². The molecule has 1 aromatic carbocycles. The number of benzene rings is 1. The summed E-state index contributed by atoms with van der Waals surface area (Å²) in [5, 5.41) is 7.83. The first-order valence-corrected chi connectivity index (χ1v) is 12.8. The number of aromatic nitrogens is 2. The number of carbonyl (C=O) groups is 2. The molecule has 0 aliphatic heterocycles. The van der Waals surface area contributed by atoms with Crippen LogP contribution in [0.1, 0.15) is 86.4 Å². The van der Waals surface area contributed by atoms with Gasteiger partial charge in [-0.2, -0.15) is 5.10 Å². The van der Waals surface area contributed by atoms with Gasteiger partial charge in [0.2, 0.25) is 11.8 Å². The van der Waals surface area contributed by atoms with Gasteiger partial charge in [-0.15, -0.1) is 0 Å². The van der Waals surface area contributed by atoms with Crippen LogP contribution < -0.4 is 5.32 Å². The van der Waals surface area contributed by atoms with Crippen LogP contribution in [0.3, 0.4) is 0 Å². The van der Waals surface area contributed by atoms with E-state index in [1.54, 1.807) is 9.58 Å². The van der Waals surface area contributed by atoms with Crippen LogP contribution in [0.2, 0.25) is 0 Å². The Morgan fingerprint density at radius 1 is 1.03 bits per heavy atom. The molecule has 2 rings (SSSR count). The molecule has 0 spiro atoms. The SMILES string of the molecule is Cc1ccc(-n2nc(C(C)(C)C)cc2NC(=O)CN(CC(C)C)C(=O)CC(C)CC(C)(C)C)cc1. The lowest BCUT2D eigenvalue weighted by Crippen LogP contribution is -2.41. The van der Waals surface area contributed by atoms with Crippen molar-refractivity contribution in [3.8, 4) is 5.69 Å². The molecule has 1 aromatic heterocycles. The molecule has 0 aliphatic carbocycles. The summed E-state index contributed by atoms with van der Waals surface area (Å²) in [5.74, 6) is 0.971. The van der Waals surface area contributed by atoms with Crippen LogP contribution in [0.4, 0.5) is 5.82 Å². The minimum absolute atomic E-state index is 0.0309. The van der Waals surface area contributed by atoms with Crippen LogP contribution in [-0.2, 0) is 15.0 Å². The number of rotatable bonds is 9. The Labute approximate surface area is 212 Å². The van der Waals surface area contributed by atoms with Crippen molar-refractivity contribution < 1.29 is 9.59 Å². The number of hydrogen-bond acceptors (Lipinski definition) is 3. The lowest BCUT2D eigenvalue weighted by molar-refractivity contribution is -0.136. The number of amides is 2. The normalized spacial score (nSPS) is 13.1.